The summed E-state index contributed by atoms with van der Waals surface area (Å²) < 4.78 is 1.53. The minimum atomic E-state index is -0.210. The van der Waals surface area contributed by atoms with Crippen LogP contribution in [0.4, 0.5) is 0 Å². The molecule has 0 amide bonds. The van der Waals surface area contributed by atoms with Gasteiger partial charge in [0.2, 0.25) is 0 Å². The molecule has 0 radical (unpaired) electrons. The predicted molar refractivity (Wildman–Crippen MR) is 76.6 cm³/mol. The third-order valence-electron chi connectivity index (χ3n) is 3.26. The lowest BCUT2D eigenvalue weighted by atomic mass is 10.0. The molecule has 0 bridgehead atoms. The van der Waals surface area contributed by atoms with Gasteiger partial charge in [0.25, 0.3) is 0 Å². The van der Waals surface area contributed by atoms with Crippen molar-refractivity contribution in [1.29, 1.82) is 0 Å². The first kappa shape index (κ1) is 10.5. The number of aromatic nitrogens is 3. The highest BCUT2D eigenvalue weighted by Gasteiger charge is 2.07. The Hall–Kier alpha value is -2.40. The van der Waals surface area contributed by atoms with Crippen LogP contribution >= 0.6 is 11.3 Å². The van der Waals surface area contributed by atoms with Crippen LogP contribution in [0.5, 0.6) is 0 Å². The van der Waals surface area contributed by atoms with Crippen molar-refractivity contribution in [3.05, 3.63) is 57.8 Å². The second-order valence-electron chi connectivity index (χ2n) is 4.35. The van der Waals surface area contributed by atoms with E-state index in [9.17, 15) is 4.79 Å². The van der Waals surface area contributed by atoms with Gasteiger partial charge in [-0.3, -0.25) is 0 Å². The van der Waals surface area contributed by atoms with Crippen molar-refractivity contribution < 1.29 is 0 Å². The molecule has 0 fully saturated rings. The van der Waals surface area contributed by atoms with Gasteiger partial charge in [0.05, 0.1) is 0 Å². The molecule has 0 spiro atoms. The molecule has 3 heterocycles. The van der Waals surface area contributed by atoms with Gasteiger partial charge in [-0.15, -0.1) is 0 Å². The quantitative estimate of drug-likeness (QED) is 0.576. The summed E-state index contributed by atoms with van der Waals surface area (Å²) in [6, 6.07) is 10.2. The first-order chi connectivity index (χ1) is 9.33. The van der Waals surface area contributed by atoms with Gasteiger partial charge in [0, 0.05) is 11.6 Å². The van der Waals surface area contributed by atoms with Crippen molar-refractivity contribution in [1.82, 2.24) is 14.6 Å². The molecule has 5 heteroatoms. The smallest absolute Gasteiger partial charge is 0.250 e. The van der Waals surface area contributed by atoms with Gasteiger partial charge in [-0.05, 0) is 45.5 Å². The summed E-state index contributed by atoms with van der Waals surface area (Å²) in [6.45, 7) is 0. The van der Waals surface area contributed by atoms with E-state index in [0.717, 1.165) is 16.3 Å². The summed E-state index contributed by atoms with van der Waals surface area (Å²) in [7, 11) is 0. The fourth-order valence-corrected chi connectivity index (χ4v) is 2.96. The maximum Gasteiger partial charge on any atom is 0.347 e. The molecule has 0 saturated heterocycles. The monoisotopic (exact) mass is 267 g/mol. The van der Waals surface area contributed by atoms with E-state index in [1.807, 2.05) is 6.07 Å². The van der Waals surface area contributed by atoms with Crippen molar-refractivity contribution in [2.75, 3.05) is 0 Å². The number of H-pyrrole nitrogens is 1. The van der Waals surface area contributed by atoms with E-state index < -0.39 is 0 Å². The molecular weight excluding hydrogens is 258 g/mol. The molecule has 1 N–H and O–H groups in total. The average molecular weight is 267 g/mol. The fraction of sp³-hybridized carbons (Fsp3) is 0. The highest BCUT2D eigenvalue weighted by atomic mass is 32.1. The van der Waals surface area contributed by atoms with Gasteiger partial charge < -0.3 is 0 Å². The van der Waals surface area contributed by atoms with Crippen LogP contribution in [0.15, 0.2) is 52.1 Å². The van der Waals surface area contributed by atoms with Gasteiger partial charge >= 0.3 is 5.69 Å². The summed E-state index contributed by atoms with van der Waals surface area (Å²) in [5, 5.41) is 12.8. The van der Waals surface area contributed by atoms with Crippen LogP contribution in [0, 0.1) is 0 Å². The zero-order valence-corrected chi connectivity index (χ0v) is 10.6. The second-order valence-corrected chi connectivity index (χ2v) is 5.13. The molecule has 0 atom stereocenters. The predicted octanol–water partition coefficient (Wildman–Crippen LogP) is 2.90. The molecule has 92 valence electrons. The molecule has 4 nitrogen and oxygen atoms in total. The Kier molecular flexibility index (Phi) is 2.10. The first-order valence-corrected chi connectivity index (χ1v) is 6.79. The van der Waals surface area contributed by atoms with E-state index in [2.05, 4.69) is 45.2 Å². The number of hydrogen-bond acceptors (Lipinski definition) is 3. The summed E-state index contributed by atoms with van der Waals surface area (Å²) >= 11 is 1.67. The number of rotatable bonds is 1. The van der Waals surface area contributed by atoms with E-state index in [1.165, 1.54) is 9.96 Å². The Morgan fingerprint density at radius 1 is 1.16 bits per heavy atom. The SMILES string of the molecule is O=c1[nH]nc2c3cc(-c4ccsc4)ccc3ccn12. The van der Waals surface area contributed by atoms with Crippen LogP contribution in [0.1, 0.15) is 0 Å². The number of aromatic amines is 1. The van der Waals surface area contributed by atoms with Crippen molar-refractivity contribution in [3.63, 3.8) is 0 Å². The number of hydrogen-bond donors (Lipinski definition) is 1. The maximum absolute atomic E-state index is 11.6. The highest BCUT2D eigenvalue weighted by Crippen LogP contribution is 2.27. The Morgan fingerprint density at radius 3 is 2.95 bits per heavy atom. The van der Waals surface area contributed by atoms with Gasteiger partial charge in [-0.2, -0.15) is 16.4 Å². The van der Waals surface area contributed by atoms with Crippen LogP contribution in [0.25, 0.3) is 27.5 Å². The topological polar surface area (TPSA) is 50.2 Å². The van der Waals surface area contributed by atoms with E-state index in [4.69, 9.17) is 0 Å². The van der Waals surface area contributed by atoms with Gasteiger partial charge in [-0.1, -0.05) is 12.1 Å². The lowest BCUT2D eigenvalue weighted by molar-refractivity contribution is 1.02. The van der Waals surface area contributed by atoms with Gasteiger partial charge in [-0.25, -0.2) is 14.3 Å². The van der Waals surface area contributed by atoms with Crippen molar-refractivity contribution in [3.8, 4) is 11.1 Å². The summed E-state index contributed by atoms with van der Waals surface area (Å²) in [4.78, 5) is 11.6. The fourth-order valence-electron chi connectivity index (χ4n) is 2.29. The number of benzene rings is 1. The Balaban J connectivity index is 2.11. The minimum Gasteiger partial charge on any atom is -0.250 e. The summed E-state index contributed by atoms with van der Waals surface area (Å²) in [5.74, 6) is 0. The lowest BCUT2D eigenvalue weighted by Crippen LogP contribution is -2.08. The van der Waals surface area contributed by atoms with Crippen LogP contribution in [-0.4, -0.2) is 14.6 Å². The Morgan fingerprint density at radius 2 is 2.11 bits per heavy atom. The molecule has 0 aliphatic rings. The first-order valence-electron chi connectivity index (χ1n) is 5.85. The van der Waals surface area contributed by atoms with Crippen molar-refractivity contribution >= 4 is 27.8 Å². The normalized spacial score (nSPS) is 11.4. The lowest BCUT2D eigenvalue weighted by Gasteiger charge is -2.03. The molecule has 0 aliphatic heterocycles. The van der Waals surface area contributed by atoms with Crippen molar-refractivity contribution in [2.24, 2.45) is 0 Å². The third-order valence-corrected chi connectivity index (χ3v) is 3.94. The molecule has 4 rings (SSSR count). The Labute approximate surface area is 111 Å². The van der Waals surface area contributed by atoms with Gasteiger partial charge in [0.1, 0.15) is 0 Å². The average Bonchev–Trinajstić information content (AvgIpc) is 3.08. The second kappa shape index (κ2) is 3.80. The molecule has 0 aliphatic carbocycles. The molecule has 1 aromatic carbocycles. The number of nitrogens with one attached hydrogen (secondary N) is 1. The number of nitrogens with zero attached hydrogens (tertiary/aromatic N) is 2. The number of pyridine rings is 1. The Bertz CT molecular complexity index is 934. The van der Waals surface area contributed by atoms with Crippen LogP contribution < -0.4 is 5.69 Å². The third kappa shape index (κ3) is 1.52. The van der Waals surface area contributed by atoms with E-state index in [0.29, 0.717) is 5.65 Å². The zero-order valence-electron chi connectivity index (χ0n) is 9.83. The molecule has 19 heavy (non-hydrogen) atoms. The standard InChI is InChI=1S/C14H9N3OS/c18-14-16-15-13-12-7-10(11-4-6-19-8-11)2-1-9(12)3-5-17(13)14/h1-8H,(H,16,18). The van der Waals surface area contributed by atoms with E-state index in [1.54, 1.807) is 17.5 Å². The largest absolute Gasteiger partial charge is 0.347 e. The van der Waals surface area contributed by atoms with Crippen LogP contribution in [0.2, 0.25) is 0 Å². The number of thiophene rings is 1. The summed E-state index contributed by atoms with van der Waals surface area (Å²) in [6.07, 6.45) is 1.74. The van der Waals surface area contributed by atoms with Gasteiger partial charge in [0.15, 0.2) is 5.65 Å². The van der Waals surface area contributed by atoms with E-state index >= 15 is 0 Å². The molecule has 0 saturated carbocycles. The van der Waals surface area contributed by atoms with Crippen LogP contribution in [-0.2, 0) is 0 Å². The van der Waals surface area contributed by atoms with Crippen LogP contribution in [0.3, 0.4) is 0 Å². The molecule has 0 unspecified atom stereocenters. The molecular formula is C14H9N3OS. The summed E-state index contributed by atoms with van der Waals surface area (Å²) in [5.41, 5.74) is 2.78. The maximum atomic E-state index is 11.6. The minimum absolute atomic E-state index is 0.210. The molecule has 4 aromatic rings. The zero-order chi connectivity index (χ0) is 12.8. The van der Waals surface area contributed by atoms with E-state index in [-0.39, 0.29) is 5.69 Å². The highest BCUT2D eigenvalue weighted by molar-refractivity contribution is 7.08. The number of fused-ring (bicyclic) bond motifs is 3. The molecule has 3 aromatic heterocycles. The van der Waals surface area contributed by atoms with Crippen molar-refractivity contribution in [2.45, 2.75) is 0 Å².